The number of nitrogens with one attached hydrogen (secondary N) is 1. The number of carbonyl (C=O) groups is 1. The first-order chi connectivity index (χ1) is 17.5. The molecule has 2 aromatic heterocycles. The average Bonchev–Trinajstić information content (AvgIpc) is 3.59. The first kappa shape index (κ1) is 23.7. The molecule has 36 heavy (non-hydrogen) atoms. The molecule has 0 aliphatic carbocycles. The molecule has 0 radical (unpaired) electrons. The molecule has 5 heterocycles. The number of amides is 1. The normalized spacial score (nSPS) is 20.6. The van der Waals surface area contributed by atoms with E-state index in [2.05, 4.69) is 25.3 Å². The Hall–Kier alpha value is -2.66. The summed E-state index contributed by atoms with van der Waals surface area (Å²) >= 11 is 8.04. The van der Waals surface area contributed by atoms with Crippen molar-refractivity contribution in [2.75, 3.05) is 36.5 Å². The van der Waals surface area contributed by atoms with Crippen LogP contribution in [0.15, 0.2) is 46.6 Å². The van der Waals surface area contributed by atoms with Crippen molar-refractivity contribution in [2.24, 2.45) is 5.41 Å². The Kier molecular flexibility index (Phi) is 6.37. The van der Waals surface area contributed by atoms with Gasteiger partial charge in [0.05, 0.1) is 42.4 Å². The van der Waals surface area contributed by atoms with Crippen LogP contribution in [-0.2, 0) is 17.7 Å². The number of rotatable bonds is 5. The third-order valence-corrected chi connectivity index (χ3v) is 8.89. The number of anilines is 2. The zero-order valence-corrected chi connectivity index (χ0v) is 21.3. The van der Waals surface area contributed by atoms with E-state index in [9.17, 15) is 9.90 Å². The van der Waals surface area contributed by atoms with Gasteiger partial charge in [-0.3, -0.25) is 9.48 Å². The van der Waals surface area contributed by atoms with E-state index in [1.807, 2.05) is 22.9 Å². The second kappa shape index (κ2) is 9.66. The molecule has 1 spiro atoms. The summed E-state index contributed by atoms with van der Waals surface area (Å²) in [6, 6.07) is 7.36. The van der Waals surface area contributed by atoms with E-state index in [0.717, 1.165) is 61.7 Å². The van der Waals surface area contributed by atoms with Gasteiger partial charge in [-0.25, -0.2) is 9.97 Å². The summed E-state index contributed by atoms with van der Waals surface area (Å²) < 4.78 is 7.39. The van der Waals surface area contributed by atoms with Gasteiger partial charge in [0, 0.05) is 35.6 Å². The molecule has 1 amide bonds. The fraction of sp³-hybridized carbons (Fsp3) is 0.440. The van der Waals surface area contributed by atoms with Crippen LogP contribution in [-0.4, -0.2) is 63.2 Å². The maximum Gasteiger partial charge on any atom is 0.276 e. The quantitative estimate of drug-likeness (QED) is 0.519. The monoisotopic (exact) mass is 526 g/mol. The molecule has 0 bridgehead atoms. The minimum Gasteiger partial charge on any atom is -0.390 e. The topological polar surface area (TPSA) is 105 Å². The number of piperidine rings is 1. The molecule has 1 atom stereocenters. The third-order valence-electron chi connectivity index (χ3n) is 7.39. The molecule has 11 heteroatoms. The van der Waals surface area contributed by atoms with Crippen molar-refractivity contribution in [3.63, 3.8) is 0 Å². The van der Waals surface area contributed by atoms with Gasteiger partial charge in [-0.15, -0.1) is 0 Å². The van der Waals surface area contributed by atoms with Gasteiger partial charge in [0.25, 0.3) is 5.91 Å². The highest BCUT2D eigenvalue weighted by atomic mass is 35.5. The summed E-state index contributed by atoms with van der Waals surface area (Å²) in [6.45, 7) is 3.55. The molecule has 3 aliphatic heterocycles. The number of hydrogen-bond acceptors (Lipinski definition) is 8. The van der Waals surface area contributed by atoms with E-state index in [1.165, 1.54) is 11.8 Å². The van der Waals surface area contributed by atoms with Gasteiger partial charge >= 0.3 is 0 Å². The lowest BCUT2D eigenvalue weighted by atomic mass is 9.76. The van der Waals surface area contributed by atoms with Gasteiger partial charge in [-0.1, -0.05) is 29.4 Å². The van der Waals surface area contributed by atoms with Gasteiger partial charge in [-0.05, 0) is 43.9 Å². The molecule has 188 valence electrons. The minimum atomic E-state index is -0.379. The lowest BCUT2D eigenvalue weighted by molar-refractivity contribution is 0.0493. The first-order valence-electron chi connectivity index (χ1n) is 12.2. The first-order valence-corrected chi connectivity index (χ1v) is 13.4. The summed E-state index contributed by atoms with van der Waals surface area (Å²) in [5.74, 6) is 0.548. The number of carbonyl (C=O) groups excluding carboxylic acids is 1. The van der Waals surface area contributed by atoms with Crippen molar-refractivity contribution >= 4 is 40.8 Å². The van der Waals surface area contributed by atoms with Crippen molar-refractivity contribution in [1.82, 2.24) is 19.7 Å². The maximum absolute atomic E-state index is 12.7. The van der Waals surface area contributed by atoms with E-state index >= 15 is 0 Å². The number of fused-ring (bicyclic) bond motifs is 1. The average molecular weight is 527 g/mol. The third kappa shape index (κ3) is 4.47. The zero-order chi connectivity index (χ0) is 24.7. The Bertz CT molecular complexity index is 1250. The van der Waals surface area contributed by atoms with Crippen LogP contribution in [0.5, 0.6) is 0 Å². The number of aryl methyl sites for hydroxylation is 2. The van der Waals surface area contributed by atoms with Crippen LogP contribution in [0.2, 0.25) is 5.02 Å². The minimum absolute atomic E-state index is 0.116. The van der Waals surface area contributed by atoms with Crippen LogP contribution in [0, 0.1) is 5.41 Å². The van der Waals surface area contributed by atoms with Crippen molar-refractivity contribution < 1.29 is 14.6 Å². The highest BCUT2D eigenvalue weighted by molar-refractivity contribution is 7.99. The molecule has 2 saturated heterocycles. The van der Waals surface area contributed by atoms with Crippen molar-refractivity contribution in [3.05, 3.63) is 53.1 Å². The summed E-state index contributed by atoms with van der Waals surface area (Å²) in [6.07, 6.45) is 6.91. The van der Waals surface area contributed by atoms with Crippen LogP contribution in [0.4, 0.5) is 11.5 Å². The summed E-state index contributed by atoms with van der Waals surface area (Å²) in [7, 11) is 0. The fourth-order valence-electron chi connectivity index (χ4n) is 5.19. The number of aliphatic hydroxyl groups is 1. The second-order valence-corrected chi connectivity index (χ2v) is 11.1. The summed E-state index contributed by atoms with van der Waals surface area (Å²) in [4.78, 5) is 24.9. The van der Waals surface area contributed by atoms with E-state index in [1.54, 1.807) is 18.5 Å². The van der Waals surface area contributed by atoms with Crippen LogP contribution >= 0.6 is 23.4 Å². The lowest BCUT2D eigenvalue weighted by Crippen LogP contribution is -2.46. The van der Waals surface area contributed by atoms with E-state index in [-0.39, 0.29) is 17.4 Å². The molecule has 1 aromatic carbocycles. The van der Waals surface area contributed by atoms with E-state index in [4.69, 9.17) is 16.3 Å². The van der Waals surface area contributed by atoms with Gasteiger partial charge in [0.15, 0.2) is 5.69 Å². The van der Waals surface area contributed by atoms with Gasteiger partial charge < -0.3 is 20.1 Å². The van der Waals surface area contributed by atoms with Gasteiger partial charge in [0.2, 0.25) is 0 Å². The number of aromatic nitrogens is 4. The van der Waals surface area contributed by atoms with E-state index < -0.39 is 0 Å². The van der Waals surface area contributed by atoms with Crippen LogP contribution < -0.4 is 10.2 Å². The van der Waals surface area contributed by atoms with Crippen LogP contribution in [0.3, 0.4) is 0 Å². The standard InChI is InChI=1S/C25H27ClN6O3S/c26-23-17(29-24(34)18-11-16-3-2-8-32(16)30-18)4-1-5-19(23)36-22-13-27-21(12-28-22)31-9-6-25(7-10-31)15-35-14-20(25)33/h1,4-5,11-13,20,33H,2-3,6-10,14-15H2,(H,29,34)/t20-/m1/s1. The van der Waals surface area contributed by atoms with Gasteiger partial charge in [-0.2, -0.15) is 5.10 Å². The number of nitrogens with zero attached hydrogens (tertiary/aromatic N) is 5. The molecule has 6 rings (SSSR count). The Morgan fingerprint density at radius 1 is 1.22 bits per heavy atom. The number of ether oxygens (including phenoxy) is 1. The highest BCUT2D eigenvalue weighted by Crippen LogP contribution is 2.40. The van der Waals surface area contributed by atoms with Crippen molar-refractivity contribution in [2.45, 2.75) is 48.3 Å². The predicted octanol–water partition coefficient (Wildman–Crippen LogP) is 3.65. The van der Waals surface area contributed by atoms with Gasteiger partial charge in [0.1, 0.15) is 10.8 Å². The molecule has 2 fully saturated rings. The molecule has 0 unspecified atom stereocenters. The molecule has 2 N–H and O–H groups in total. The van der Waals surface area contributed by atoms with Crippen molar-refractivity contribution in [1.29, 1.82) is 0 Å². The SMILES string of the molecule is O=C(Nc1cccc(Sc2cnc(N3CCC4(CC3)COC[C@H]4O)cn2)c1Cl)c1cc2n(n1)CCC2. The Labute approximate surface area is 218 Å². The van der Waals surface area contributed by atoms with Crippen LogP contribution in [0.1, 0.15) is 35.4 Å². The van der Waals surface area contributed by atoms with Crippen molar-refractivity contribution in [3.8, 4) is 0 Å². The molecular weight excluding hydrogens is 500 g/mol. The Morgan fingerprint density at radius 2 is 2.08 bits per heavy atom. The number of halogens is 1. The smallest absolute Gasteiger partial charge is 0.276 e. The number of benzene rings is 1. The summed E-state index contributed by atoms with van der Waals surface area (Å²) in [5, 5.41) is 18.7. The zero-order valence-electron chi connectivity index (χ0n) is 19.7. The fourth-order valence-corrected chi connectivity index (χ4v) is 6.26. The molecule has 3 aliphatic rings. The Morgan fingerprint density at radius 3 is 2.81 bits per heavy atom. The number of hydrogen-bond donors (Lipinski definition) is 2. The molecular formula is C25H27ClN6O3S. The lowest BCUT2D eigenvalue weighted by Gasteiger charge is -2.40. The predicted molar refractivity (Wildman–Crippen MR) is 137 cm³/mol. The second-order valence-electron chi connectivity index (χ2n) is 9.61. The Balaban J connectivity index is 1.10. The largest absolute Gasteiger partial charge is 0.390 e. The molecule has 0 saturated carbocycles. The molecule has 3 aromatic rings. The van der Waals surface area contributed by atoms with E-state index in [0.29, 0.717) is 34.6 Å². The van der Waals surface area contributed by atoms with Crippen LogP contribution in [0.25, 0.3) is 0 Å². The maximum atomic E-state index is 12.7. The molecule has 9 nitrogen and oxygen atoms in total. The highest BCUT2D eigenvalue weighted by Gasteiger charge is 2.45. The number of aliphatic hydroxyl groups excluding tert-OH is 1. The summed E-state index contributed by atoms with van der Waals surface area (Å²) in [5.41, 5.74) is 1.91.